The third-order valence-corrected chi connectivity index (χ3v) is 2.70. The monoisotopic (exact) mass is 280 g/mol. The van der Waals surface area contributed by atoms with E-state index >= 15 is 0 Å². The van der Waals surface area contributed by atoms with Gasteiger partial charge in [-0.15, -0.1) is 0 Å². The standard InChI is InChI=1S/C9H10ClI/c1-3-8-6(2)4-7(11)5-9(8)10/h4-5H,3H2,1-2H3. The summed E-state index contributed by atoms with van der Waals surface area (Å²) in [6.45, 7) is 4.23. The van der Waals surface area contributed by atoms with Gasteiger partial charge in [0.1, 0.15) is 0 Å². The fourth-order valence-corrected chi connectivity index (χ4v) is 2.54. The highest BCUT2D eigenvalue weighted by atomic mass is 127. The molecule has 1 aromatic carbocycles. The number of hydrogen-bond donors (Lipinski definition) is 0. The molecule has 0 N–H and O–H groups in total. The van der Waals surface area contributed by atoms with Gasteiger partial charge in [-0.05, 0) is 59.2 Å². The Morgan fingerprint density at radius 2 is 2.09 bits per heavy atom. The molecule has 60 valence electrons. The first kappa shape index (κ1) is 9.33. The molecule has 0 aliphatic rings. The van der Waals surface area contributed by atoms with Crippen molar-refractivity contribution in [2.24, 2.45) is 0 Å². The van der Waals surface area contributed by atoms with Crippen molar-refractivity contribution in [3.63, 3.8) is 0 Å². The summed E-state index contributed by atoms with van der Waals surface area (Å²) in [7, 11) is 0. The number of hydrogen-bond acceptors (Lipinski definition) is 0. The smallest absolute Gasteiger partial charge is 0.0451 e. The van der Waals surface area contributed by atoms with E-state index in [1.165, 1.54) is 14.7 Å². The van der Waals surface area contributed by atoms with Crippen molar-refractivity contribution in [3.05, 3.63) is 31.9 Å². The fraction of sp³-hybridized carbons (Fsp3) is 0.333. The van der Waals surface area contributed by atoms with Crippen molar-refractivity contribution in [2.75, 3.05) is 0 Å². The summed E-state index contributed by atoms with van der Waals surface area (Å²) in [5.74, 6) is 0. The molecule has 0 amide bonds. The van der Waals surface area contributed by atoms with Crippen molar-refractivity contribution in [2.45, 2.75) is 20.3 Å². The zero-order valence-corrected chi connectivity index (χ0v) is 9.53. The molecule has 1 aromatic rings. The van der Waals surface area contributed by atoms with Crippen LogP contribution in [0.15, 0.2) is 12.1 Å². The van der Waals surface area contributed by atoms with Crippen LogP contribution in [0.3, 0.4) is 0 Å². The van der Waals surface area contributed by atoms with Crippen LogP contribution in [0.4, 0.5) is 0 Å². The molecule has 0 nitrogen and oxygen atoms in total. The van der Waals surface area contributed by atoms with E-state index in [9.17, 15) is 0 Å². The molecule has 0 atom stereocenters. The second-order valence-corrected chi connectivity index (χ2v) is 4.19. The molecule has 0 bridgehead atoms. The van der Waals surface area contributed by atoms with Crippen molar-refractivity contribution in [3.8, 4) is 0 Å². The van der Waals surface area contributed by atoms with Gasteiger partial charge in [0.05, 0.1) is 0 Å². The topological polar surface area (TPSA) is 0 Å². The van der Waals surface area contributed by atoms with Gasteiger partial charge in [-0.1, -0.05) is 18.5 Å². The third-order valence-electron chi connectivity index (χ3n) is 1.74. The Bertz CT molecular complexity index is 245. The molecule has 0 radical (unpaired) electrons. The van der Waals surface area contributed by atoms with Gasteiger partial charge in [0, 0.05) is 8.59 Å². The van der Waals surface area contributed by atoms with Gasteiger partial charge in [-0.25, -0.2) is 0 Å². The SMILES string of the molecule is CCc1c(C)cc(I)cc1Cl. The van der Waals surface area contributed by atoms with Crippen LogP contribution in [0.25, 0.3) is 0 Å². The molecular weight excluding hydrogens is 270 g/mol. The highest BCUT2D eigenvalue weighted by Crippen LogP contribution is 2.23. The Morgan fingerprint density at radius 1 is 1.45 bits per heavy atom. The first-order valence-corrected chi connectivity index (χ1v) is 5.05. The minimum absolute atomic E-state index is 0.900. The lowest BCUT2D eigenvalue weighted by Gasteiger charge is -2.05. The molecule has 1 rings (SSSR count). The maximum atomic E-state index is 6.03. The average molecular weight is 281 g/mol. The second-order valence-electron chi connectivity index (χ2n) is 2.54. The van der Waals surface area contributed by atoms with E-state index in [1.54, 1.807) is 0 Å². The summed E-state index contributed by atoms with van der Waals surface area (Å²) in [6, 6.07) is 4.17. The molecule has 0 aliphatic heterocycles. The van der Waals surface area contributed by atoms with Gasteiger partial charge >= 0.3 is 0 Å². The largest absolute Gasteiger partial charge is 0.0840 e. The van der Waals surface area contributed by atoms with E-state index < -0.39 is 0 Å². The van der Waals surface area contributed by atoms with Crippen molar-refractivity contribution < 1.29 is 0 Å². The lowest BCUT2D eigenvalue weighted by Crippen LogP contribution is -1.88. The number of rotatable bonds is 1. The Labute approximate surface area is 86.1 Å². The first-order valence-electron chi connectivity index (χ1n) is 3.59. The summed E-state index contributed by atoms with van der Waals surface area (Å²) in [4.78, 5) is 0. The molecule has 0 aromatic heterocycles. The van der Waals surface area contributed by atoms with Gasteiger partial charge in [0.25, 0.3) is 0 Å². The Hall–Kier alpha value is 0.240. The zero-order chi connectivity index (χ0) is 8.43. The molecule has 0 saturated heterocycles. The lowest BCUT2D eigenvalue weighted by molar-refractivity contribution is 1.11. The maximum Gasteiger partial charge on any atom is 0.0451 e. The molecular formula is C9H10ClI. The second kappa shape index (κ2) is 3.76. The highest BCUT2D eigenvalue weighted by Gasteiger charge is 2.02. The number of halogens is 2. The molecule has 0 saturated carbocycles. The van der Waals surface area contributed by atoms with E-state index in [4.69, 9.17) is 11.6 Å². The molecule has 0 unspecified atom stereocenters. The van der Waals surface area contributed by atoms with Crippen LogP contribution in [0.1, 0.15) is 18.1 Å². The number of benzene rings is 1. The molecule has 0 spiro atoms. The van der Waals surface area contributed by atoms with Crippen LogP contribution in [0.2, 0.25) is 5.02 Å². The first-order chi connectivity index (χ1) is 5.15. The van der Waals surface area contributed by atoms with E-state index in [2.05, 4.69) is 42.5 Å². The minimum atomic E-state index is 0.900. The van der Waals surface area contributed by atoms with Crippen LogP contribution >= 0.6 is 34.2 Å². The maximum absolute atomic E-state index is 6.03. The minimum Gasteiger partial charge on any atom is -0.0840 e. The molecule has 11 heavy (non-hydrogen) atoms. The van der Waals surface area contributed by atoms with Gasteiger partial charge in [-0.2, -0.15) is 0 Å². The van der Waals surface area contributed by atoms with Crippen molar-refractivity contribution >= 4 is 34.2 Å². The van der Waals surface area contributed by atoms with Crippen LogP contribution in [-0.4, -0.2) is 0 Å². The van der Waals surface area contributed by atoms with Gasteiger partial charge in [0.2, 0.25) is 0 Å². The van der Waals surface area contributed by atoms with Crippen LogP contribution in [0.5, 0.6) is 0 Å². The van der Waals surface area contributed by atoms with E-state index in [0.29, 0.717) is 0 Å². The van der Waals surface area contributed by atoms with Gasteiger partial charge in [0.15, 0.2) is 0 Å². The summed E-state index contributed by atoms with van der Waals surface area (Å²) >= 11 is 8.31. The predicted molar refractivity (Wildman–Crippen MR) is 58.3 cm³/mol. The molecule has 2 heteroatoms. The highest BCUT2D eigenvalue weighted by molar-refractivity contribution is 14.1. The molecule has 0 fully saturated rings. The summed E-state index contributed by atoms with van der Waals surface area (Å²) in [5.41, 5.74) is 2.57. The average Bonchev–Trinajstić information content (AvgIpc) is 1.85. The molecule has 0 heterocycles. The number of aryl methyl sites for hydroxylation is 1. The van der Waals surface area contributed by atoms with Gasteiger partial charge in [-0.3, -0.25) is 0 Å². The van der Waals surface area contributed by atoms with Crippen molar-refractivity contribution in [1.82, 2.24) is 0 Å². The van der Waals surface area contributed by atoms with Crippen LogP contribution in [0, 0.1) is 10.5 Å². The summed E-state index contributed by atoms with van der Waals surface area (Å²) in [5, 5.41) is 0.900. The fourth-order valence-electron chi connectivity index (χ4n) is 1.18. The Kier molecular flexibility index (Phi) is 3.19. The van der Waals surface area contributed by atoms with E-state index in [-0.39, 0.29) is 0 Å². The summed E-state index contributed by atoms with van der Waals surface area (Å²) < 4.78 is 1.21. The van der Waals surface area contributed by atoms with Gasteiger partial charge < -0.3 is 0 Å². The lowest BCUT2D eigenvalue weighted by atomic mass is 10.1. The quantitative estimate of drug-likeness (QED) is 0.686. The predicted octanol–water partition coefficient (Wildman–Crippen LogP) is 3.82. The normalized spacial score (nSPS) is 10.2. The van der Waals surface area contributed by atoms with Crippen LogP contribution < -0.4 is 0 Å². The molecule has 0 aliphatic carbocycles. The Balaban J connectivity index is 3.25. The third kappa shape index (κ3) is 2.09. The Morgan fingerprint density at radius 3 is 2.55 bits per heavy atom. The van der Waals surface area contributed by atoms with Crippen LogP contribution in [-0.2, 0) is 6.42 Å². The zero-order valence-electron chi connectivity index (χ0n) is 6.62. The van der Waals surface area contributed by atoms with E-state index in [0.717, 1.165) is 11.4 Å². The van der Waals surface area contributed by atoms with Crippen molar-refractivity contribution in [1.29, 1.82) is 0 Å². The summed E-state index contributed by atoms with van der Waals surface area (Å²) in [6.07, 6.45) is 1.02. The van der Waals surface area contributed by atoms with E-state index in [1.807, 2.05) is 6.07 Å².